The van der Waals surface area contributed by atoms with Crippen LogP contribution in [0.3, 0.4) is 0 Å². The number of halogens is 1. The molecule has 31 heavy (non-hydrogen) atoms. The van der Waals surface area contributed by atoms with Crippen LogP contribution in [0.25, 0.3) is 0 Å². The van der Waals surface area contributed by atoms with Crippen LogP contribution in [-0.2, 0) is 16.0 Å². The van der Waals surface area contributed by atoms with Crippen molar-refractivity contribution in [1.82, 2.24) is 10.2 Å². The van der Waals surface area contributed by atoms with Crippen molar-refractivity contribution in [2.24, 2.45) is 5.92 Å². The van der Waals surface area contributed by atoms with Crippen LogP contribution < -0.4 is 15.4 Å². The highest BCUT2D eigenvalue weighted by Crippen LogP contribution is 2.31. The molecule has 8 nitrogen and oxygen atoms in total. The number of hydrogen-bond acceptors (Lipinski definition) is 6. The fraction of sp³-hybridized carbons (Fsp3) is 0.636. The SMILES string of the molecule is Cl.O=C1CCc2c(cccc2OCC(O)CN2CCC(NC(=O)OCC3CC3)CC2)N1. The van der Waals surface area contributed by atoms with Gasteiger partial charge < -0.3 is 30.1 Å². The molecule has 1 unspecified atom stereocenters. The van der Waals surface area contributed by atoms with Crippen molar-refractivity contribution >= 4 is 30.1 Å². The lowest BCUT2D eigenvalue weighted by Crippen LogP contribution is -2.47. The number of aliphatic hydroxyl groups excluding tert-OH is 1. The Morgan fingerprint density at radius 2 is 2.00 bits per heavy atom. The van der Waals surface area contributed by atoms with Gasteiger partial charge in [-0.05, 0) is 50.2 Å². The fourth-order valence-electron chi connectivity index (χ4n) is 4.01. The number of nitrogens with zero attached hydrogens (tertiary/aromatic N) is 1. The predicted octanol–water partition coefficient (Wildman–Crippen LogP) is 2.33. The molecule has 1 saturated carbocycles. The van der Waals surface area contributed by atoms with Crippen molar-refractivity contribution in [1.29, 1.82) is 0 Å². The number of nitrogens with one attached hydrogen (secondary N) is 2. The Labute approximate surface area is 189 Å². The molecular formula is C22H32ClN3O5. The van der Waals surface area contributed by atoms with Gasteiger partial charge in [-0.3, -0.25) is 4.79 Å². The van der Waals surface area contributed by atoms with Crippen molar-refractivity contribution in [2.45, 2.75) is 50.7 Å². The summed E-state index contributed by atoms with van der Waals surface area (Å²) in [7, 11) is 0. The normalized spacial score (nSPS) is 20.1. The molecular weight excluding hydrogens is 422 g/mol. The summed E-state index contributed by atoms with van der Waals surface area (Å²) in [6.45, 7) is 2.91. The van der Waals surface area contributed by atoms with Crippen LogP contribution in [0.2, 0.25) is 0 Å². The molecule has 0 aromatic heterocycles. The van der Waals surface area contributed by atoms with Crippen molar-refractivity contribution in [3.05, 3.63) is 23.8 Å². The summed E-state index contributed by atoms with van der Waals surface area (Å²) >= 11 is 0. The number of hydrogen-bond donors (Lipinski definition) is 3. The van der Waals surface area contributed by atoms with Crippen LogP contribution in [-0.4, -0.2) is 67.0 Å². The van der Waals surface area contributed by atoms with Gasteiger partial charge in [0.25, 0.3) is 0 Å². The van der Waals surface area contributed by atoms with Gasteiger partial charge in [0.05, 0.1) is 6.61 Å². The number of alkyl carbamates (subject to hydrolysis) is 1. The molecule has 3 aliphatic rings. The van der Waals surface area contributed by atoms with Crippen molar-refractivity contribution < 1.29 is 24.2 Å². The van der Waals surface area contributed by atoms with Crippen molar-refractivity contribution in [3.63, 3.8) is 0 Å². The van der Waals surface area contributed by atoms with Gasteiger partial charge in [-0.2, -0.15) is 0 Å². The standard InChI is InChI=1S/C22H31N3O5.ClH/c26-17(14-29-20-3-1-2-19-18(20)6-7-21(27)24-19)12-25-10-8-16(9-11-25)23-22(28)30-13-15-4-5-15;/h1-3,15-17,26H,4-14H2,(H,23,28)(H,24,27);1H. The minimum atomic E-state index is -0.605. The minimum absolute atomic E-state index is 0. The first-order chi connectivity index (χ1) is 14.6. The lowest BCUT2D eigenvalue weighted by atomic mass is 10.0. The molecule has 0 radical (unpaired) electrons. The average Bonchev–Trinajstić information content (AvgIpc) is 3.56. The highest BCUT2D eigenvalue weighted by molar-refractivity contribution is 5.94. The number of likely N-dealkylation sites (tertiary alicyclic amines) is 1. The van der Waals surface area contributed by atoms with Crippen LogP contribution in [0.15, 0.2) is 18.2 Å². The van der Waals surface area contributed by atoms with E-state index in [0.29, 0.717) is 31.9 Å². The largest absolute Gasteiger partial charge is 0.490 e. The summed E-state index contributed by atoms with van der Waals surface area (Å²) in [5.74, 6) is 1.31. The first-order valence-electron chi connectivity index (χ1n) is 10.9. The molecule has 1 aromatic carbocycles. The number of aliphatic hydroxyl groups is 1. The molecule has 9 heteroatoms. The van der Waals surface area contributed by atoms with Gasteiger partial charge in [0.1, 0.15) is 18.5 Å². The zero-order chi connectivity index (χ0) is 20.9. The Kier molecular flexibility index (Phi) is 8.40. The monoisotopic (exact) mass is 453 g/mol. The van der Waals surface area contributed by atoms with E-state index in [1.807, 2.05) is 18.2 Å². The molecule has 4 rings (SSSR count). The van der Waals surface area contributed by atoms with E-state index in [9.17, 15) is 14.7 Å². The molecule has 0 spiro atoms. The number of fused-ring (bicyclic) bond motifs is 1. The van der Waals surface area contributed by atoms with E-state index >= 15 is 0 Å². The van der Waals surface area contributed by atoms with Crippen molar-refractivity contribution in [3.8, 4) is 5.75 Å². The van der Waals surface area contributed by atoms with Crippen molar-refractivity contribution in [2.75, 3.05) is 38.2 Å². The number of ether oxygens (including phenoxy) is 2. The van der Waals surface area contributed by atoms with E-state index in [-0.39, 0.29) is 37.1 Å². The molecule has 1 atom stereocenters. The molecule has 2 heterocycles. The maximum Gasteiger partial charge on any atom is 0.407 e. The van der Waals surface area contributed by atoms with E-state index < -0.39 is 6.10 Å². The summed E-state index contributed by atoms with van der Waals surface area (Å²) in [6.07, 6.45) is 4.21. The minimum Gasteiger partial charge on any atom is -0.490 e. The van der Waals surface area contributed by atoms with Gasteiger partial charge in [-0.1, -0.05) is 6.07 Å². The summed E-state index contributed by atoms with van der Waals surface area (Å²) in [5, 5.41) is 16.2. The number of β-amino-alcohol motifs (C(OH)–C–C–N with tert-alkyl or cyclic N) is 1. The first-order valence-corrected chi connectivity index (χ1v) is 10.9. The molecule has 2 fully saturated rings. The second kappa shape index (κ2) is 11.0. The molecule has 1 aromatic rings. The first kappa shape index (κ1) is 23.6. The lowest BCUT2D eigenvalue weighted by molar-refractivity contribution is -0.116. The van der Waals surface area contributed by atoms with Crippen LogP contribution in [0.1, 0.15) is 37.7 Å². The summed E-state index contributed by atoms with van der Waals surface area (Å²) in [4.78, 5) is 25.6. The van der Waals surface area contributed by atoms with Crippen LogP contribution in [0.5, 0.6) is 5.75 Å². The molecule has 1 saturated heterocycles. The third-order valence-corrected chi connectivity index (χ3v) is 5.97. The van der Waals surface area contributed by atoms with E-state index in [0.717, 1.165) is 42.9 Å². The fourth-order valence-corrected chi connectivity index (χ4v) is 4.01. The number of amides is 2. The Bertz CT molecular complexity index is 766. The second-order valence-electron chi connectivity index (χ2n) is 8.56. The topological polar surface area (TPSA) is 100 Å². The molecule has 172 valence electrons. The number of carbonyl (C=O) groups is 2. The number of anilines is 1. The Morgan fingerprint density at radius 1 is 1.23 bits per heavy atom. The van der Waals surface area contributed by atoms with E-state index in [2.05, 4.69) is 15.5 Å². The zero-order valence-corrected chi connectivity index (χ0v) is 18.5. The maximum atomic E-state index is 11.8. The van der Waals surface area contributed by atoms with E-state index in [1.165, 1.54) is 12.8 Å². The smallest absolute Gasteiger partial charge is 0.407 e. The maximum absolute atomic E-state index is 11.8. The lowest BCUT2D eigenvalue weighted by Gasteiger charge is -2.33. The predicted molar refractivity (Wildman–Crippen MR) is 119 cm³/mol. The summed E-state index contributed by atoms with van der Waals surface area (Å²) < 4.78 is 11.1. The van der Waals surface area contributed by atoms with Gasteiger partial charge >= 0.3 is 6.09 Å². The molecule has 1 aliphatic carbocycles. The summed E-state index contributed by atoms with van der Waals surface area (Å²) in [5.41, 5.74) is 1.79. The number of piperidine rings is 1. The summed E-state index contributed by atoms with van der Waals surface area (Å²) in [6, 6.07) is 5.73. The van der Waals surface area contributed by atoms with Gasteiger partial charge in [-0.25, -0.2) is 4.79 Å². The Balaban J connectivity index is 0.00000272. The van der Waals surface area contributed by atoms with Crippen LogP contribution in [0, 0.1) is 5.92 Å². The van der Waals surface area contributed by atoms with Gasteiger partial charge in [0, 0.05) is 43.3 Å². The molecule has 3 N–H and O–H groups in total. The van der Waals surface area contributed by atoms with Gasteiger partial charge in [0.15, 0.2) is 0 Å². The number of rotatable bonds is 8. The van der Waals surface area contributed by atoms with E-state index in [1.54, 1.807) is 0 Å². The number of benzene rings is 1. The average molecular weight is 454 g/mol. The molecule has 2 aliphatic heterocycles. The quantitative estimate of drug-likeness (QED) is 0.558. The van der Waals surface area contributed by atoms with Crippen LogP contribution >= 0.6 is 12.4 Å². The zero-order valence-electron chi connectivity index (χ0n) is 17.7. The van der Waals surface area contributed by atoms with Gasteiger partial charge in [0.2, 0.25) is 5.91 Å². The highest BCUT2D eigenvalue weighted by Gasteiger charge is 2.26. The van der Waals surface area contributed by atoms with E-state index in [4.69, 9.17) is 9.47 Å². The second-order valence-corrected chi connectivity index (χ2v) is 8.56. The number of carbonyl (C=O) groups excluding carboxylic acids is 2. The molecule has 2 amide bonds. The molecule has 0 bridgehead atoms. The Hall–Kier alpha value is -2.03. The van der Waals surface area contributed by atoms with Gasteiger partial charge in [-0.15, -0.1) is 12.4 Å². The highest BCUT2D eigenvalue weighted by atomic mass is 35.5. The third kappa shape index (κ3) is 6.98. The third-order valence-electron chi connectivity index (χ3n) is 5.97. The Morgan fingerprint density at radius 3 is 2.74 bits per heavy atom. The van der Waals surface area contributed by atoms with Crippen LogP contribution in [0.4, 0.5) is 10.5 Å².